The number of halogens is 1. The van der Waals surface area contributed by atoms with Crippen LogP contribution in [0.1, 0.15) is 15.9 Å². The Hall–Kier alpha value is -4.82. The number of benzene rings is 4. The molecule has 0 unspecified atom stereocenters. The number of nitrogens with zero attached hydrogens (tertiary/aromatic N) is 3. The average molecular weight is 511 g/mol. The number of nitro benzene ring substituents is 1. The van der Waals surface area contributed by atoms with Gasteiger partial charge in [0.25, 0.3) is 11.6 Å². The van der Waals surface area contributed by atoms with E-state index in [4.69, 9.17) is 16.3 Å². The summed E-state index contributed by atoms with van der Waals surface area (Å²) in [4.78, 5) is 32.6. The van der Waals surface area contributed by atoms with E-state index in [9.17, 15) is 14.9 Å². The second-order valence-corrected chi connectivity index (χ2v) is 8.64. The second kappa shape index (κ2) is 10.0. The Bertz CT molecular complexity index is 1670. The topological polar surface area (TPSA) is 107 Å². The quantitative estimate of drug-likeness (QED) is 0.191. The second-order valence-electron chi connectivity index (χ2n) is 8.23. The zero-order valence-electron chi connectivity index (χ0n) is 19.5. The maximum Gasteiger partial charge on any atom is 0.271 e. The van der Waals surface area contributed by atoms with Crippen molar-refractivity contribution in [1.29, 1.82) is 0 Å². The van der Waals surface area contributed by atoms with Gasteiger partial charge >= 0.3 is 0 Å². The molecule has 0 bridgehead atoms. The Morgan fingerprint density at radius 2 is 1.78 bits per heavy atom. The van der Waals surface area contributed by atoms with Crippen molar-refractivity contribution >= 4 is 39.9 Å². The van der Waals surface area contributed by atoms with Crippen molar-refractivity contribution in [2.24, 2.45) is 0 Å². The summed E-state index contributed by atoms with van der Waals surface area (Å²) >= 11 is 6.13. The SMILES string of the molecule is Cc1ccc(-c2cnc3ccccc3n2)cc1NC(=O)c1cccc(Oc2ccc([N+](=O)[O-])cc2Cl)c1. The minimum absolute atomic E-state index is 0.0910. The summed E-state index contributed by atoms with van der Waals surface area (Å²) in [5, 5.41) is 14.0. The van der Waals surface area contributed by atoms with Gasteiger partial charge in [0.15, 0.2) is 0 Å². The van der Waals surface area contributed by atoms with Gasteiger partial charge in [-0.25, -0.2) is 4.98 Å². The number of para-hydroxylation sites is 2. The summed E-state index contributed by atoms with van der Waals surface area (Å²) < 4.78 is 5.77. The van der Waals surface area contributed by atoms with Gasteiger partial charge in [-0.2, -0.15) is 0 Å². The molecule has 1 N–H and O–H groups in total. The molecule has 8 nitrogen and oxygen atoms in total. The van der Waals surface area contributed by atoms with Crippen LogP contribution in [0, 0.1) is 17.0 Å². The molecular weight excluding hydrogens is 492 g/mol. The molecule has 37 heavy (non-hydrogen) atoms. The number of aromatic nitrogens is 2. The first-order valence-corrected chi connectivity index (χ1v) is 11.6. The Balaban J connectivity index is 1.36. The monoisotopic (exact) mass is 510 g/mol. The van der Waals surface area contributed by atoms with E-state index in [0.29, 0.717) is 22.7 Å². The van der Waals surface area contributed by atoms with Crippen molar-refractivity contribution in [3.05, 3.63) is 117 Å². The predicted molar refractivity (Wildman–Crippen MR) is 142 cm³/mol. The van der Waals surface area contributed by atoms with E-state index in [0.717, 1.165) is 22.2 Å². The zero-order valence-corrected chi connectivity index (χ0v) is 20.3. The molecule has 4 aromatic carbocycles. The Morgan fingerprint density at radius 1 is 0.973 bits per heavy atom. The van der Waals surface area contributed by atoms with Crippen LogP contribution in [0.5, 0.6) is 11.5 Å². The van der Waals surface area contributed by atoms with Crippen molar-refractivity contribution in [1.82, 2.24) is 9.97 Å². The summed E-state index contributed by atoms with van der Waals surface area (Å²) in [6.45, 7) is 1.90. The van der Waals surface area contributed by atoms with Crippen LogP contribution in [0.4, 0.5) is 11.4 Å². The van der Waals surface area contributed by atoms with Crippen LogP contribution in [0.2, 0.25) is 5.02 Å². The fourth-order valence-corrected chi connectivity index (χ4v) is 3.93. The van der Waals surface area contributed by atoms with Gasteiger partial charge in [0, 0.05) is 28.9 Å². The first kappa shape index (κ1) is 23.9. The molecule has 0 atom stereocenters. The Labute approximate surface area is 216 Å². The Kier molecular flexibility index (Phi) is 6.49. The fourth-order valence-electron chi connectivity index (χ4n) is 3.72. The lowest BCUT2D eigenvalue weighted by Gasteiger charge is -2.12. The molecule has 0 aliphatic rings. The van der Waals surface area contributed by atoms with Gasteiger partial charge in [-0.3, -0.25) is 19.9 Å². The zero-order chi connectivity index (χ0) is 25.9. The number of rotatable bonds is 6. The molecule has 0 aliphatic carbocycles. The maximum absolute atomic E-state index is 13.1. The van der Waals surface area contributed by atoms with Gasteiger partial charge in [0.1, 0.15) is 11.5 Å². The number of nitrogens with one attached hydrogen (secondary N) is 1. The molecule has 1 amide bonds. The first-order valence-electron chi connectivity index (χ1n) is 11.2. The first-order chi connectivity index (χ1) is 17.9. The molecule has 0 spiro atoms. The highest BCUT2D eigenvalue weighted by atomic mass is 35.5. The maximum atomic E-state index is 13.1. The molecule has 0 saturated heterocycles. The van der Waals surface area contributed by atoms with Crippen LogP contribution < -0.4 is 10.1 Å². The van der Waals surface area contributed by atoms with Crippen LogP contribution in [-0.4, -0.2) is 20.8 Å². The third kappa shape index (κ3) is 5.24. The highest BCUT2D eigenvalue weighted by Gasteiger charge is 2.14. The number of carbonyl (C=O) groups excluding carboxylic acids is 1. The van der Waals surface area contributed by atoms with Crippen molar-refractivity contribution < 1.29 is 14.5 Å². The number of anilines is 1. The van der Waals surface area contributed by atoms with Gasteiger partial charge in [-0.15, -0.1) is 0 Å². The minimum Gasteiger partial charge on any atom is -0.456 e. The third-order valence-corrected chi connectivity index (χ3v) is 5.98. The number of aryl methyl sites for hydroxylation is 1. The van der Waals surface area contributed by atoms with E-state index in [1.807, 2.05) is 49.4 Å². The average Bonchev–Trinajstić information content (AvgIpc) is 2.91. The van der Waals surface area contributed by atoms with E-state index in [2.05, 4.69) is 15.3 Å². The Morgan fingerprint density at radius 3 is 2.57 bits per heavy atom. The van der Waals surface area contributed by atoms with Gasteiger partial charge in [-0.05, 0) is 55.0 Å². The number of hydrogen-bond acceptors (Lipinski definition) is 6. The number of ether oxygens (including phenoxy) is 1. The minimum atomic E-state index is -0.538. The molecule has 0 saturated carbocycles. The number of non-ortho nitro benzene ring substituents is 1. The molecule has 5 aromatic rings. The summed E-state index contributed by atoms with van der Waals surface area (Å²) in [5.41, 5.74) is 4.87. The van der Waals surface area contributed by atoms with Crippen molar-refractivity contribution in [3.63, 3.8) is 0 Å². The van der Waals surface area contributed by atoms with E-state index in [1.165, 1.54) is 18.2 Å². The van der Waals surface area contributed by atoms with Crippen LogP contribution >= 0.6 is 11.6 Å². The van der Waals surface area contributed by atoms with E-state index in [-0.39, 0.29) is 22.4 Å². The summed E-state index contributed by atoms with van der Waals surface area (Å²) in [5.74, 6) is 0.273. The number of nitro groups is 1. The number of carbonyl (C=O) groups is 1. The van der Waals surface area contributed by atoms with Gasteiger partial charge in [-0.1, -0.05) is 41.9 Å². The standard InChI is InChI=1S/C28H19ClN4O4/c1-17-9-10-18(26-16-30-23-7-2-3-8-24(23)31-26)14-25(17)32-28(34)19-5-4-6-21(13-19)37-27-12-11-20(33(35)36)15-22(27)29/h2-16H,1H3,(H,32,34). The molecule has 0 radical (unpaired) electrons. The van der Waals surface area contributed by atoms with E-state index >= 15 is 0 Å². The fraction of sp³-hybridized carbons (Fsp3) is 0.0357. The lowest BCUT2D eigenvalue weighted by molar-refractivity contribution is -0.384. The van der Waals surface area contributed by atoms with E-state index < -0.39 is 4.92 Å². The van der Waals surface area contributed by atoms with Crippen LogP contribution in [0.3, 0.4) is 0 Å². The molecule has 9 heteroatoms. The molecule has 0 fully saturated rings. The number of hydrogen-bond donors (Lipinski definition) is 1. The largest absolute Gasteiger partial charge is 0.456 e. The smallest absolute Gasteiger partial charge is 0.271 e. The lowest BCUT2D eigenvalue weighted by Crippen LogP contribution is -2.13. The highest BCUT2D eigenvalue weighted by Crippen LogP contribution is 2.33. The van der Waals surface area contributed by atoms with Crippen molar-refractivity contribution in [2.75, 3.05) is 5.32 Å². The normalized spacial score (nSPS) is 10.8. The summed E-state index contributed by atoms with van der Waals surface area (Å²) in [6.07, 6.45) is 1.71. The molecule has 1 aromatic heterocycles. The molecule has 5 rings (SSSR count). The van der Waals surface area contributed by atoms with Crippen molar-refractivity contribution in [2.45, 2.75) is 6.92 Å². The van der Waals surface area contributed by atoms with Crippen LogP contribution in [0.15, 0.2) is 91.1 Å². The van der Waals surface area contributed by atoms with Crippen molar-refractivity contribution in [3.8, 4) is 22.8 Å². The summed E-state index contributed by atoms with van der Waals surface area (Å²) in [7, 11) is 0. The highest BCUT2D eigenvalue weighted by molar-refractivity contribution is 6.32. The number of fused-ring (bicyclic) bond motifs is 1. The van der Waals surface area contributed by atoms with Gasteiger partial charge in [0.05, 0.1) is 32.9 Å². The van der Waals surface area contributed by atoms with Gasteiger partial charge < -0.3 is 10.1 Å². The number of amides is 1. The van der Waals surface area contributed by atoms with Crippen LogP contribution in [0.25, 0.3) is 22.3 Å². The van der Waals surface area contributed by atoms with Crippen LogP contribution in [-0.2, 0) is 0 Å². The third-order valence-electron chi connectivity index (χ3n) is 5.68. The molecular formula is C28H19ClN4O4. The molecule has 0 aliphatic heterocycles. The van der Waals surface area contributed by atoms with E-state index in [1.54, 1.807) is 30.5 Å². The predicted octanol–water partition coefficient (Wildman–Crippen LogP) is 7.21. The molecule has 182 valence electrons. The lowest BCUT2D eigenvalue weighted by atomic mass is 10.1. The van der Waals surface area contributed by atoms with Gasteiger partial charge in [0.2, 0.25) is 0 Å². The summed E-state index contributed by atoms with van der Waals surface area (Å²) in [6, 6.07) is 23.8. The molecule has 1 heterocycles.